The first-order valence-corrected chi connectivity index (χ1v) is 8.81. The molecule has 1 aliphatic rings. The van der Waals surface area contributed by atoms with Gasteiger partial charge in [0.05, 0.1) is 0 Å². The van der Waals surface area contributed by atoms with Gasteiger partial charge in [-0.05, 0) is 56.9 Å². The van der Waals surface area contributed by atoms with Crippen molar-refractivity contribution in [1.82, 2.24) is 15.1 Å². The molecule has 1 aromatic carbocycles. The van der Waals surface area contributed by atoms with Crippen molar-refractivity contribution in [2.24, 2.45) is 10.9 Å². The van der Waals surface area contributed by atoms with Crippen molar-refractivity contribution in [1.29, 1.82) is 0 Å². The maximum Gasteiger partial charge on any atom is 0.193 e. The summed E-state index contributed by atoms with van der Waals surface area (Å²) in [7, 11) is 6.09. The van der Waals surface area contributed by atoms with Crippen LogP contribution in [0.25, 0.3) is 0 Å². The van der Waals surface area contributed by atoms with Crippen molar-refractivity contribution in [2.45, 2.75) is 25.8 Å². The molecule has 0 unspecified atom stereocenters. The Hall–Kier alpha value is -1.26. The van der Waals surface area contributed by atoms with E-state index >= 15 is 0 Å². The molecule has 1 fully saturated rings. The van der Waals surface area contributed by atoms with Gasteiger partial charge in [-0.15, -0.1) is 0 Å². The zero-order chi connectivity index (χ0) is 16.7. The average Bonchev–Trinajstić information content (AvgIpc) is 2.55. The van der Waals surface area contributed by atoms with Gasteiger partial charge in [0.2, 0.25) is 0 Å². The van der Waals surface area contributed by atoms with Gasteiger partial charge in [0.15, 0.2) is 5.96 Å². The lowest BCUT2D eigenvalue weighted by atomic mass is 9.94. The molecule has 5 heteroatoms. The molecule has 1 heterocycles. The van der Waals surface area contributed by atoms with E-state index in [9.17, 15) is 0 Å². The summed E-state index contributed by atoms with van der Waals surface area (Å²) in [5, 5.41) is 4.29. The molecule has 23 heavy (non-hydrogen) atoms. The molecule has 0 bridgehead atoms. The summed E-state index contributed by atoms with van der Waals surface area (Å²) in [5.41, 5.74) is 1.12. The van der Waals surface area contributed by atoms with Gasteiger partial charge in [-0.25, -0.2) is 0 Å². The minimum Gasteiger partial charge on any atom is -0.356 e. The third kappa shape index (κ3) is 5.70. The Kier molecular flexibility index (Phi) is 7.18. The van der Waals surface area contributed by atoms with E-state index < -0.39 is 0 Å². The molecule has 1 saturated heterocycles. The highest BCUT2D eigenvalue weighted by atomic mass is 35.5. The van der Waals surface area contributed by atoms with Gasteiger partial charge in [-0.1, -0.05) is 29.8 Å². The maximum absolute atomic E-state index is 6.24. The fraction of sp³-hybridized carbons (Fsp3) is 0.611. The molecule has 2 rings (SSSR count). The van der Waals surface area contributed by atoms with Crippen LogP contribution < -0.4 is 5.32 Å². The van der Waals surface area contributed by atoms with Crippen LogP contribution in [-0.4, -0.2) is 56.5 Å². The van der Waals surface area contributed by atoms with Crippen LogP contribution in [-0.2, 0) is 6.54 Å². The molecule has 1 aromatic rings. The minimum atomic E-state index is 0.758. The predicted octanol–water partition coefficient (Wildman–Crippen LogP) is 3.08. The second-order valence-corrected chi connectivity index (χ2v) is 6.86. The summed E-state index contributed by atoms with van der Waals surface area (Å²) in [6.45, 7) is 4.19. The van der Waals surface area contributed by atoms with Gasteiger partial charge in [-0.2, -0.15) is 0 Å². The third-order valence-electron chi connectivity index (χ3n) is 4.61. The summed E-state index contributed by atoms with van der Waals surface area (Å²) in [6.07, 6.45) is 3.84. The quantitative estimate of drug-likeness (QED) is 0.662. The molecular formula is C18H29ClN4. The van der Waals surface area contributed by atoms with Gasteiger partial charge < -0.3 is 15.1 Å². The Morgan fingerprint density at radius 2 is 2.04 bits per heavy atom. The number of guanidine groups is 1. The van der Waals surface area contributed by atoms with Crippen molar-refractivity contribution < 1.29 is 0 Å². The van der Waals surface area contributed by atoms with Crippen LogP contribution in [0.3, 0.4) is 0 Å². The molecule has 0 spiro atoms. The number of hydrogen-bond donors (Lipinski definition) is 1. The molecule has 1 N–H and O–H groups in total. The highest BCUT2D eigenvalue weighted by molar-refractivity contribution is 6.31. The SMILES string of the molecule is CN=C(NCCC1CCN(C)CC1)N(C)Cc1ccccc1Cl. The topological polar surface area (TPSA) is 30.9 Å². The van der Waals surface area contributed by atoms with Gasteiger partial charge in [-0.3, -0.25) is 4.99 Å². The number of hydrogen-bond acceptors (Lipinski definition) is 2. The van der Waals surface area contributed by atoms with E-state index in [2.05, 4.69) is 33.2 Å². The minimum absolute atomic E-state index is 0.758. The molecule has 0 amide bonds. The fourth-order valence-electron chi connectivity index (χ4n) is 3.08. The number of nitrogens with zero attached hydrogens (tertiary/aromatic N) is 3. The zero-order valence-corrected chi connectivity index (χ0v) is 15.3. The smallest absolute Gasteiger partial charge is 0.193 e. The normalized spacial score (nSPS) is 17.3. The van der Waals surface area contributed by atoms with Crippen LogP contribution >= 0.6 is 11.6 Å². The van der Waals surface area contributed by atoms with Crippen molar-refractivity contribution in [3.63, 3.8) is 0 Å². The molecule has 0 saturated carbocycles. The molecule has 0 radical (unpaired) electrons. The second kappa shape index (κ2) is 9.14. The summed E-state index contributed by atoms with van der Waals surface area (Å²) in [5.74, 6) is 1.77. The lowest BCUT2D eigenvalue weighted by Crippen LogP contribution is -2.40. The molecular weight excluding hydrogens is 308 g/mol. The summed E-state index contributed by atoms with van der Waals surface area (Å²) in [4.78, 5) is 8.93. The Morgan fingerprint density at radius 1 is 1.35 bits per heavy atom. The van der Waals surface area contributed by atoms with E-state index in [0.29, 0.717) is 0 Å². The van der Waals surface area contributed by atoms with Crippen LogP contribution in [0.15, 0.2) is 29.3 Å². The van der Waals surface area contributed by atoms with Crippen LogP contribution in [0, 0.1) is 5.92 Å². The molecule has 0 atom stereocenters. The van der Waals surface area contributed by atoms with Gasteiger partial charge in [0, 0.05) is 32.2 Å². The third-order valence-corrected chi connectivity index (χ3v) is 4.98. The number of piperidine rings is 1. The first kappa shape index (κ1) is 18.1. The number of benzene rings is 1. The van der Waals surface area contributed by atoms with Gasteiger partial charge >= 0.3 is 0 Å². The predicted molar refractivity (Wildman–Crippen MR) is 99.1 cm³/mol. The Balaban J connectivity index is 1.77. The monoisotopic (exact) mass is 336 g/mol. The van der Waals surface area contributed by atoms with Crippen LogP contribution in [0.2, 0.25) is 5.02 Å². The summed E-state index contributed by atoms with van der Waals surface area (Å²) >= 11 is 6.24. The lowest BCUT2D eigenvalue weighted by Gasteiger charge is -2.29. The molecule has 0 aromatic heterocycles. The summed E-state index contributed by atoms with van der Waals surface area (Å²) < 4.78 is 0. The fourth-order valence-corrected chi connectivity index (χ4v) is 3.28. The van der Waals surface area contributed by atoms with Crippen molar-refractivity contribution in [2.75, 3.05) is 40.8 Å². The number of nitrogens with one attached hydrogen (secondary N) is 1. The lowest BCUT2D eigenvalue weighted by molar-refractivity contribution is 0.212. The number of rotatable bonds is 5. The highest BCUT2D eigenvalue weighted by Crippen LogP contribution is 2.19. The van der Waals surface area contributed by atoms with Crippen molar-refractivity contribution >= 4 is 17.6 Å². The zero-order valence-electron chi connectivity index (χ0n) is 14.6. The molecule has 128 valence electrons. The number of halogens is 1. The van der Waals surface area contributed by atoms with Gasteiger partial charge in [0.25, 0.3) is 0 Å². The van der Waals surface area contributed by atoms with E-state index in [1.165, 1.54) is 32.4 Å². The van der Waals surface area contributed by atoms with Crippen LogP contribution in [0.4, 0.5) is 0 Å². The van der Waals surface area contributed by atoms with Crippen LogP contribution in [0.5, 0.6) is 0 Å². The van der Waals surface area contributed by atoms with Gasteiger partial charge in [0.1, 0.15) is 0 Å². The van der Waals surface area contributed by atoms with E-state index in [0.717, 1.165) is 35.6 Å². The van der Waals surface area contributed by atoms with Crippen molar-refractivity contribution in [3.8, 4) is 0 Å². The largest absolute Gasteiger partial charge is 0.356 e. The summed E-state index contributed by atoms with van der Waals surface area (Å²) in [6, 6.07) is 7.97. The Bertz CT molecular complexity index is 509. The van der Waals surface area contributed by atoms with E-state index in [1.807, 2.05) is 32.3 Å². The van der Waals surface area contributed by atoms with E-state index in [4.69, 9.17) is 11.6 Å². The standard InChI is InChI=1S/C18H29ClN4/c1-20-18(21-11-8-15-9-12-22(2)13-10-15)23(3)14-16-6-4-5-7-17(16)19/h4-7,15H,8-14H2,1-3H3,(H,20,21). The molecule has 1 aliphatic heterocycles. The number of aliphatic imine (C=N–C) groups is 1. The Labute approximate surface area is 145 Å². The number of likely N-dealkylation sites (tertiary alicyclic amines) is 1. The highest BCUT2D eigenvalue weighted by Gasteiger charge is 2.16. The van der Waals surface area contributed by atoms with Crippen LogP contribution in [0.1, 0.15) is 24.8 Å². The first-order chi connectivity index (χ1) is 11.1. The van der Waals surface area contributed by atoms with Crippen molar-refractivity contribution in [3.05, 3.63) is 34.9 Å². The van der Waals surface area contributed by atoms with E-state index in [1.54, 1.807) is 0 Å². The average molecular weight is 337 g/mol. The maximum atomic E-state index is 6.24. The molecule has 4 nitrogen and oxygen atoms in total. The first-order valence-electron chi connectivity index (χ1n) is 8.44. The second-order valence-electron chi connectivity index (χ2n) is 6.46. The Morgan fingerprint density at radius 3 is 2.70 bits per heavy atom. The molecule has 0 aliphatic carbocycles. The van der Waals surface area contributed by atoms with E-state index in [-0.39, 0.29) is 0 Å².